The summed E-state index contributed by atoms with van der Waals surface area (Å²) in [5.41, 5.74) is 5.93. The zero-order valence-electron chi connectivity index (χ0n) is 38.4. The van der Waals surface area contributed by atoms with E-state index in [0.29, 0.717) is 33.4 Å². The van der Waals surface area contributed by atoms with Crippen LogP contribution in [0.2, 0.25) is 0 Å². The van der Waals surface area contributed by atoms with Gasteiger partial charge in [0.2, 0.25) is 0 Å². The Hall–Kier alpha value is -8.63. The molecule has 8 aromatic rings. The molecule has 13 nitrogen and oxygen atoms in total. The van der Waals surface area contributed by atoms with Gasteiger partial charge in [-0.2, -0.15) is 0 Å². The molecule has 0 fully saturated rings. The molecule has 0 amide bonds. The molecule has 8 aromatic carbocycles. The van der Waals surface area contributed by atoms with E-state index in [0.717, 1.165) is 0 Å². The quantitative estimate of drug-likeness (QED) is 0.0371. The fourth-order valence-electron chi connectivity index (χ4n) is 7.73. The van der Waals surface area contributed by atoms with Crippen molar-refractivity contribution in [1.82, 2.24) is 0 Å². The van der Waals surface area contributed by atoms with Gasteiger partial charge in [0.15, 0.2) is 0 Å². The third-order valence-electron chi connectivity index (χ3n) is 11.2. The van der Waals surface area contributed by atoms with Gasteiger partial charge in [-0.25, -0.2) is 28.8 Å². The summed E-state index contributed by atoms with van der Waals surface area (Å²) in [6, 6.07) is 51.9. The number of nitrogen functional groups attached to an aromatic ring is 1. The number of carbonyl (C=O) groups is 6. The lowest BCUT2D eigenvalue weighted by atomic mass is 9.84. The minimum atomic E-state index is -1.22. The van der Waals surface area contributed by atoms with E-state index in [1.807, 2.05) is 0 Å². The highest BCUT2D eigenvalue weighted by atomic mass is 127. The molecule has 0 heterocycles. The van der Waals surface area contributed by atoms with Gasteiger partial charge in [-0.3, -0.25) is 0 Å². The van der Waals surface area contributed by atoms with Gasteiger partial charge in [0.05, 0.1) is 39.1 Å². The minimum absolute atomic E-state index is 0.267. The number of rotatable bonds is 18. The van der Waals surface area contributed by atoms with E-state index in [9.17, 15) is 9.59 Å². The molecular weight excluding hydrogens is 1030 g/mol. The van der Waals surface area contributed by atoms with Crippen LogP contribution in [0.15, 0.2) is 182 Å². The van der Waals surface area contributed by atoms with Crippen LogP contribution in [-0.4, -0.2) is 35.8 Å². The van der Waals surface area contributed by atoms with Gasteiger partial charge in [0.25, 0.3) is 0 Å². The number of anilines is 1. The van der Waals surface area contributed by atoms with Gasteiger partial charge in [-0.05, 0) is 56.0 Å². The SMILES string of the molecule is Nc1c(C(=O)OCc2ccccc2)c(C(=O)OCc2ccccc2)c2c(C(=O)OCc3ccccc3)c(I)c(C(=O)OCc3ccccc3)c(C(=O)OCc3ccccc3)c2c1C(=O)OCc1ccccc1. The highest BCUT2D eigenvalue weighted by Gasteiger charge is 2.41. The van der Waals surface area contributed by atoms with Crippen molar-refractivity contribution >= 4 is 74.9 Å². The smallest absolute Gasteiger partial charge is 0.341 e. The predicted molar refractivity (Wildman–Crippen MR) is 274 cm³/mol. The van der Waals surface area contributed by atoms with Gasteiger partial charge in [0, 0.05) is 14.3 Å². The molecule has 0 aliphatic rings. The Morgan fingerprint density at radius 1 is 0.292 bits per heavy atom. The van der Waals surface area contributed by atoms with Crippen molar-refractivity contribution < 1.29 is 57.2 Å². The van der Waals surface area contributed by atoms with E-state index in [-0.39, 0.29) is 43.2 Å². The van der Waals surface area contributed by atoms with Gasteiger partial charge in [-0.15, -0.1) is 0 Å². The lowest BCUT2D eigenvalue weighted by molar-refractivity contribution is 0.0418. The fourth-order valence-corrected chi connectivity index (χ4v) is 8.71. The van der Waals surface area contributed by atoms with Crippen molar-refractivity contribution in [3.05, 3.63) is 252 Å². The van der Waals surface area contributed by atoms with Crippen molar-refractivity contribution in [1.29, 1.82) is 0 Å². The van der Waals surface area contributed by atoms with E-state index in [1.54, 1.807) is 205 Å². The third kappa shape index (κ3) is 11.9. The molecular formula is C58H44INO12. The van der Waals surface area contributed by atoms with Gasteiger partial charge in [0.1, 0.15) is 39.6 Å². The minimum Gasteiger partial charge on any atom is -0.457 e. The number of fused-ring (bicyclic) bond motifs is 1. The van der Waals surface area contributed by atoms with Crippen molar-refractivity contribution in [3.63, 3.8) is 0 Å². The molecule has 0 radical (unpaired) electrons. The summed E-state index contributed by atoms with van der Waals surface area (Å²) >= 11 is 1.69. The summed E-state index contributed by atoms with van der Waals surface area (Å²) < 4.78 is 35.2. The number of ether oxygens (including phenoxy) is 6. The summed E-state index contributed by atoms with van der Waals surface area (Å²) in [6.07, 6.45) is 0. The van der Waals surface area contributed by atoms with Crippen molar-refractivity contribution in [2.24, 2.45) is 0 Å². The Kier molecular flexibility index (Phi) is 16.4. The first-order valence-corrected chi connectivity index (χ1v) is 23.6. The molecule has 0 saturated carbocycles. The van der Waals surface area contributed by atoms with E-state index in [2.05, 4.69) is 0 Å². The summed E-state index contributed by atoms with van der Waals surface area (Å²) in [5.74, 6) is -7.10. The molecule has 14 heteroatoms. The van der Waals surface area contributed by atoms with Crippen molar-refractivity contribution in [2.75, 3.05) is 5.73 Å². The molecule has 0 bridgehead atoms. The number of carbonyl (C=O) groups excluding carboxylic acids is 6. The molecule has 0 aromatic heterocycles. The highest BCUT2D eigenvalue weighted by Crippen LogP contribution is 2.43. The third-order valence-corrected chi connectivity index (χ3v) is 12.3. The molecule has 0 spiro atoms. The molecule has 0 atom stereocenters. The zero-order chi connectivity index (χ0) is 50.4. The number of hydrogen-bond acceptors (Lipinski definition) is 13. The monoisotopic (exact) mass is 1070 g/mol. The highest BCUT2D eigenvalue weighted by molar-refractivity contribution is 14.1. The molecule has 0 aliphatic heterocycles. The number of esters is 6. The lowest BCUT2D eigenvalue weighted by Crippen LogP contribution is -2.26. The molecule has 0 unspecified atom stereocenters. The Bertz CT molecular complexity index is 3030. The molecule has 72 heavy (non-hydrogen) atoms. The molecule has 8 rings (SSSR count). The van der Waals surface area contributed by atoms with E-state index in [1.165, 1.54) is 0 Å². The van der Waals surface area contributed by atoms with Crippen LogP contribution in [0.1, 0.15) is 95.5 Å². The maximum atomic E-state index is 15.2. The summed E-state index contributed by atoms with van der Waals surface area (Å²) in [6.45, 7) is -1.96. The Balaban J connectivity index is 1.46. The van der Waals surface area contributed by atoms with Gasteiger partial charge in [-0.1, -0.05) is 182 Å². The van der Waals surface area contributed by atoms with Gasteiger partial charge < -0.3 is 34.2 Å². The molecule has 2 N–H and O–H groups in total. The molecule has 360 valence electrons. The first kappa shape index (κ1) is 49.8. The van der Waals surface area contributed by atoms with Crippen LogP contribution in [0.4, 0.5) is 5.69 Å². The number of nitrogens with two attached hydrogens (primary N) is 1. The van der Waals surface area contributed by atoms with Crippen molar-refractivity contribution in [3.8, 4) is 0 Å². The first-order valence-electron chi connectivity index (χ1n) is 22.5. The van der Waals surface area contributed by atoms with Crippen LogP contribution in [0.3, 0.4) is 0 Å². The first-order chi connectivity index (χ1) is 35.1. The van der Waals surface area contributed by atoms with Crippen LogP contribution in [0.5, 0.6) is 0 Å². The number of hydrogen-bond donors (Lipinski definition) is 1. The topological polar surface area (TPSA) is 184 Å². The summed E-state index contributed by atoms with van der Waals surface area (Å²) in [7, 11) is 0. The maximum absolute atomic E-state index is 15.2. The lowest BCUT2D eigenvalue weighted by Gasteiger charge is -2.24. The van der Waals surface area contributed by atoms with Crippen LogP contribution in [-0.2, 0) is 68.1 Å². The summed E-state index contributed by atoms with van der Waals surface area (Å²) in [4.78, 5) is 90.2. The van der Waals surface area contributed by atoms with E-state index < -0.39 is 85.7 Å². The predicted octanol–water partition coefficient (Wildman–Crippen LogP) is 11.2. The van der Waals surface area contributed by atoms with E-state index in [4.69, 9.17) is 34.2 Å². The van der Waals surface area contributed by atoms with Crippen LogP contribution in [0.25, 0.3) is 10.8 Å². The average molecular weight is 1070 g/mol. The fraction of sp³-hybridized carbons (Fsp3) is 0.103. The van der Waals surface area contributed by atoms with Crippen LogP contribution in [0, 0.1) is 3.57 Å². The second-order valence-corrected chi connectivity index (χ2v) is 17.2. The molecule has 0 saturated heterocycles. The summed E-state index contributed by atoms with van der Waals surface area (Å²) in [5, 5.41) is -1.08. The van der Waals surface area contributed by atoms with Crippen molar-refractivity contribution in [2.45, 2.75) is 39.6 Å². The van der Waals surface area contributed by atoms with Crippen LogP contribution < -0.4 is 5.73 Å². The standard InChI is InChI=1S/C58H44INO12/c59-51-47(55(63)69-33-39-23-11-3-12-24-39)43-44(45(53(61)67-31-37-19-7-1-8-20-37)48(51)56(64)70-34-40-25-13-4-14-26-40)49(57(65)71-35-41-27-15-5-16-28-41)52(60)50(58(66)72-36-42-29-17-6-18-30-42)46(43)54(62)68-32-38-21-9-2-10-22-38/h1-30H,31-36,60H2. The second kappa shape index (κ2) is 23.8. The largest absolute Gasteiger partial charge is 0.457 e. The number of benzene rings is 8. The molecule has 0 aliphatic carbocycles. The Morgan fingerprint density at radius 3 is 0.792 bits per heavy atom. The van der Waals surface area contributed by atoms with Gasteiger partial charge >= 0.3 is 35.8 Å². The Labute approximate surface area is 427 Å². The second-order valence-electron chi connectivity index (χ2n) is 16.1. The number of halogens is 1. The zero-order valence-corrected chi connectivity index (χ0v) is 40.6. The normalized spacial score (nSPS) is 10.7. The van der Waals surface area contributed by atoms with Crippen LogP contribution >= 0.6 is 22.6 Å². The maximum Gasteiger partial charge on any atom is 0.341 e. The van der Waals surface area contributed by atoms with E-state index >= 15 is 19.2 Å². The Morgan fingerprint density at radius 2 is 0.500 bits per heavy atom. The average Bonchev–Trinajstić information content (AvgIpc) is 3.42.